The van der Waals surface area contributed by atoms with Crippen LogP contribution in [0.1, 0.15) is 45.4 Å². The van der Waals surface area contributed by atoms with Crippen LogP contribution >= 0.6 is 0 Å². The molecule has 8 nitrogen and oxygen atoms in total. The first-order chi connectivity index (χ1) is 16.1. The highest BCUT2D eigenvalue weighted by Gasteiger charge is 2.35. The summed E-state index contributed by atoms with van der Waals surface area (Å²) in [7, 11) is 0. The van der Waals surface area contributed by atoms with Crippen LogP contribution < -0.4 is 4.74 Å². The first-order valence-corrected chi connectivity index (χ1v) is 11.2. The van der Waals surface area contributed by atoms with Crippen molar-refractivity contribution in [2.75, 3.05) is 6.61 Å². The van der Waals surface area contributed by atoms with E-state index in [4.69, 9.17) is 19.2 Å². The number of allylic oxidation sites excluding steroid dienone is 1. The van der Waals surface area contributed by atoms with Crippen LogP contribution in [0.15, 0.2) is 48.1 Å². The third-order valence-electron chi connectivity index (χ3n) is 5.79. The summed E-state index contributed by atoms with van der Waals surface area (Å²) in [4.78, 5) is 43.8. The Morgan fingerprint density at radius 1 is 1.26 bits per heavy atom. The topological polar surface area (TPSA) is 95.0 Å². The van der Waals surface area contributed by atoms with E-state index in [0.717, 1.165) is 22.2 Å². The molecular formula is C26H28N2O6. The van der Waals surface area contributed by atoms with Gasteiger partial charge in [-0.25, -0.2) is 4.79 Å². The van der Waals surface area contributed by atoms with Crippen LogP contribution in [-0.2, 0) is 32.2 Å². The van der Waals surface area contributed by atoms with Crippen LogP contribution in [0.4, 0.5) is 4.79 Å². The molecule has 0 fully saturated rings. The van der Waals surface area contributed by atoms with Crippen molar-refractivity contribution in [1.29, 1.82) is 0 Å². The molecule has 0 saturated carbocycles. The minimum atomic E-state index is -0.775. The number of carbonyl (C=O) groups excluding carboxylic acids is 3. The standard InChI is InChI=1S/C26H28N2O6/c1-6-18-19(7-2)24(30)32-14-20(18)23(29)28-12-16-10-15-11-17(33-25(31)34-26(3,4)5)8-9-21(15)27-22(16)13-28/h6,8-11,19H,1,7,12-14H2,2-5H3/t19-/m1/s1. The fraction of sp³-hybridized carbons (Fsp3) is 0.385. The molecule has 0 radical (unpaired) electrons. The summed E-state index contributed by atoms with van der Waals surface area (Å²) in [5, 5.41) is 0.790. The predicted molar refractivity (Wildman–Crippen MR) is 125 cm³/mol. The molecule has 1 aromatic carbocycles. The molecule has 2 aromatic rings. The van der Waals surface area contributed by atoms with Gasteiger partial charge in [0.2, 0.25) is 0 Å². The van der Waals surface area contributed by atoms with Crippen molar-refractivity contribution in [2.45, 2.75) is 52.8 Å². The predicted octanol–water partition coefficient (Wildman–Crippen LogP) is 4.46. The molecule has 3 heterocycles. The molecule has 0 saturated heterocycles. The number of benzene rings is 1. The number of carbonyl (C=O) groups is 3. The van der Waals surface area contributed by atoms with Gasteiger partial charge in [0.25, 0.3) is 5.91 Å². The summed E-state index contributed by atoms with van der Waals surface area (Å²) >= 11 is 0. The van der Waals surface area contributed by atoms with Crippen LogP contribution in [0.25, 0.3) is 10.9 Å². The zero-order chi connectivity index (χ0) is 24.6. The number of fused-ring (bicyclic) bond motifs is 2. The molecule has 0 unspecified atom stereocenters. The normalized spacial score (nSPS) is 17.9. The maximum absolute atomic E-state index is 13.3. The van der Waals surface area contributed by atoms with E-state index in [9.17, 15) is 14.4 Å². The quantitative estimate of drug-likeness (QED) is 0.487. The Bertz CT molecular complexity index is 1220. The number of amides is 1. The lowest BCUT2D eigenvalue weighted by atomic mass is 9.89. The van der Waals surface area contributed by atoms with Crippen LogP contribution in [0.2, 0.25) is 0 Å². The second-order valence-corrected chi connectivity index (χ2v) is 9.38. The molecule has 1 amide bonds. The van der Waals surface area contributed by atoms with Crippen molar-refractivity contribution in [3.63, 3.8) is 0 Å². The molecule has 8 heteroatoms. The van der Waals surface area contributed by atoms with Gasteiger partial charge in [0, 0.05) is 11.9 Å². The molecule has 2 aliphatic heterocycles. The highest BCUT2D eigenvalue weighted by Crippen LogP contribution is 2.32. The fourth-order valence-electron chi connectivity index (χ4n) is 4.22. The first kappa shape index (κ1) is 23.5. The minimum absolute atomic E-state index is 0.0524. The second-order valence-electron chi connectivity index (χ2n) is 9.38. The van der Waals surface area contributed by atoms with Gasteiger partial charge in [-0.3, -0.25) is 14.6 Å². The third-order valence-corrected chi connectivity index (χ3v) is 5.79. The van der Waals surface area contributed by atoms with Crippen LogP contribution in [-0.4, -0.2) is 40.1 Å². The van der Waals surface area contributed by atoms with E-state index < -0.39 is 17.7 Å². The lowest BCUT2D eigenvalue weighted by Gasteiger charge is -2.27. The average molecular weight is 465 g/mol. The zero-order valence-corrected chi connectivity index (χ0v) is 19.8. The molecule has 178 valence electrons. The van der Waals surface area contributed by atoms with E-state index in [1.807, 2.05) is 13.0 Å². The average Bonchev–Trinajstić information content (AvgIpc) is 3.18. The fourth-order valence-corrected chi connectivity index (χ4v) is 4.22. The number of rotatable bonds is 4. The van der Waals surface area contributed by atoms with E-state index in [1.165, 1.54) is 0 Å². The number of pyridine rings is 1. The molecule has 1 atom stereocenters. The summed E-state index contributed by atoms with van der Waals surface area (Å²) < 4.78 is 15.8. The zero-order valence-electron chi connectivity index (χ0n) is 19.8. The number of esters is 1. The number of hydrogen-bond donors (Lipinski definition) is 0. The van der Waals surface area contributed by atoms with Crippen molar-refractivity contribution in [1.82, 2.24) is 9.88 Å². The molecule has 0 bridgehead atoms. The van der Waals surface area contributed by atoms with Gasteiger partial charge in [0.1, 0.15) is 18.0 Å². The van der Waals surface area contributed by atoms with E-state index in [2.05, 4.69) is 6.58 Å². The van der Waals surface area contributed by atoms with Crippen molar-refractivity contribution < 1.29 is 28.6 Å². The lowest BCUT2D eigenvalue weighted by Crippen LogP contribution is -2.35. The number of hydrogen-bond acceptors (Lipinski definition) is 7. The molecule has 2 aliphatic rings. The monoisotopic (exact) mass is 464 g/mol. The van der Waals surface area contributed by atoms with E-state index >= 15 is 0 Å². The molecular weight excluding hydrogens is 436 g/mol. The smallest absolute Gasteiger partial charge is 0.460 e. The Labute approximate surface area is 198 Å². The Balaban J connectivity index is 1.56. The summed E-state index contributed by atoms with van der Waals surface area (Å²) in [6, 6.07) is 7.10. The van der Waals surface area contributed by atoms with Gasteiger partial charge >= 0.3 is 12.1 Å². The molecule has 1 aromatic heterocycles. The third kappa shape index (κ3) is 4.66. The van der Waals surface area contributed by atoms with E-state index in [0.29, 0.717) is 36.4 Å². The van der Waals surface area contributed by atoms with Crippen LogP contribution in [0.5, 0.6) is 5.75 Å². The van der Waals surface area contributed by atoms with Crippen molar-refractivity contribution >= 4 is 28.9 Å². The Morgan fingerprint density at radius 2 is 2.03 bits per heavy atom. The van der Waals surface area contributed by atoms with Gasteiger partial charge in [-0.15, -0.1) is 0 Å². The number of ether oxygens (including phenoxy) is 3. The van der Waals surface area contributed by atoms with Crippen LogP contribution in [0, 0.1) is 5.92 Å². The number of nitrogens with zero attached hydrogens (tertiary/aromatic N) is 2. The van der Waals surface area contributed by atoms with Gasteiger partial charge in [-0.1, -0.05) is 19.6 Å². The summed E-state index contributed by atoms with van der Waals surface area (Å²) in [5.41, 5.74) is 2.90. The van der Waals surface area contributed by atoms with Crippen molar-refractivity contribution in [3.05, 3.63) is 59.3 Å². The second kappa shape index (κ2) is 8.93. The lowest BCUT2D eigenvalue weighted by molar-refractivity contribution is -0.148. The maximum atomic E-state index is 13.3. The Morgan fingerprint density at radius 3 is 2.71 bits per heavy atom. The van der Waals surface area contributed by atoms with Gasteiger partial charge in [-0.05, 0) is 62.6 Å². The summed E-state index contributed by atoms with van der Waals surface area (Å²) in [6.45, 7) is 11.7. The number of aromatic nitrogens is 1. The van der Waals surface area contributed by atoms with Crippen LogP contribution in [0.3, 0.4) is 0 Å². The van der Waals surface area contributed by atoms with Gasteiger partial charge in [0.05, 0.1) is 29.2 Å². The summed E-state index contributed by atoms with van der Waals surface area (Å²) in [6.07, 6.45) is 1.35. The van der Waals surface area contributed by atoms with Gasteiger partial charge < -0.3 is 19.1 Å². The maximum Gasteiger partial charge on any atom is 0.514 e. The highest BCUT2D eigenvalue weighted by atomic mass is 16.7. The molecule has 0 aliphatic carbocycles. The minimum Gasteiger partial charge on any atom is -0.460 e. The number of cyclic esters (lactones) is 1. The van der Waals surface area contributed by atoms with E-state index in [-0.39, 0.29) is 18.5 Å². The molecule has 0 N–H and O–H groups in total. The molecule has 34 heavy (non-hydrogen) atoms. The van der Waals surface area contributed by atoms with E-state index in [1.54, 1.807) is 49.9 Å². The SMILES string of the molecule is C=CC1=C(C(=O)N2Cc3cc4cc(OC(=O)OC(C)(C)C)ccc4nc3C2)COC(=O)[C@@H]1CC. The Hall–Kier alpha value is -3.68. The van der Waals surface area contributed by atoms with Gasteiger partial charge in [0.15, 0.2) is 0 Å². The summed E-state index contributed by atoms with van der Waals surface area (Å²) in [5.74, 6) is -0.628. The van der Waals surface area contributed by atoms with Crippen molar-refractivity contribution in [3.8, 4) is 5.75 Å². The molecule has 4 rings (SSSR count). The van der Waals surface area contributed by atoms with Crippen molar-refractivity contribution in [2.24, 2.45) is 5.92 Å². The highest BCUT2D eigenvalue weighted by molar-refractivity contribution is 5.98. The molecule has 0 spiro atoms. The van der Waals surface area contributed by atoms with Gasteiger partial charge in [-0.2, -0.15) is 0 Å². The first-order valence-electron chi connectivity index (χ1n) is 11.2. The largest absolute Gasteiger partial charge is 0.514 e. The Kier molecular flexibility index (Phi) is 6.17.